The summed E-state index contributed by atoms with van der Waals surface area (Å²) in [6, 6.07) is 76.4. The van der Waals surface area contributed by atoms with Crippen LogP contribution >= 0.6 is 0 Å². The fourth-order valence-corrected chi connectivity index (χ4v) is 9.83. The maximum Gasteiger partial charge on any atom is 0.135 e. The maximum atomic E-state index is 6.25. The monoisotopic (exact) mass is 806 g/mol. The number of anilines is 2. The number of hydrogen-bond acceptors (Lipinski definition) is 3. The number of para-hydroxylation sites is 4. The highest BCUT2D eigenvalue weighted by Crippen LogP contribution is 2.43. The van der Waals surface area contributed by atoms with Crippen LogP contribution in [0.15, 0.2) is 221 Å². The Hall–Kier alpha value is -8.34. The Labute approximate surface area is 363 Å². The molecule has 0 amide bonds. The van der Waals surface area contributed by atoms with Crippen molar-refractivity contribution in [2.24, 2.45) is 0 Å². The first-order chi connectivity index (χ1) is 31.1. The number of furan rings is 2. The number of fused-ring (bicyclic) bond motifs is 10. The lowest BCUT2D eigenvalue weighted by molar-refractivity contribution is 0.668. The normalized spacial score (nSPS) is 11.9. The molecule has 0 saturated heterocycles. The minimum Gasteiger partial charge on any atom is -0.456 e. The van der Waals surface area contributed by atoms with E-state index in [4.69, 9.17) is 8.83 Å². The molecule has 0 fully saturated rings. The van der Waals surface area contributed by atoms with Crippen LogP contribution in [0.2, 0.25) is 0 Å². The molecule has 0 unspecified atom stereocenters. The SMILES string of the molecule is CN(c1cc(-c2ccc3oc4ccccc4c3c2)cc(-c2ccc3oc4ccccc4c3c2)c1)c1ccccc1-c1ccc2c3ccccc3n(-c3ccc4ccccc4c3)c2c1. The maximum absolute atomic E-state index is 6.25. The van der Waals surface area contributed by atoms with Crippen LogP contribution in [0, 0.1) is 0 Å². The quantitative estimate of drug-likeness (QED) is 0.168. The van der Waals surface area contributed by atoms with E-state index in [1.165, 1.54) is 32.6 Å². The zero-order chi connectivity index (χ0) is 41.6. The van der Waals surface area contributed by atoms with Crippen LogP contribution < -0.4 is 4.90 Å². The molecule has 63 heavy (non-hydrogen) atoms. The summed E-state index contributed by atoms with van der Waals surface area (Å²) in [7, 11) is 2.19. The van der Waals surface area contributed by atoms with E-state index in [0.29, 0.717) is 0 Å². The van der Waals surface area contributed by atoms with Crippen molar-refractivity contribution < 1.29 is 8.83 Å². The summed E-state index contributed by atoms with van der Waals surface area (Å²) in [6.45, 7) is 0. The fraction of sp³-hybridized carbons (Fsp3) is 0.0169. The molecule has 0 radical (unpaired) electrons. The highest BCUT2D eigenvalue weighted by atomic mass is 16.3. The van der Waals surface area contributed by atoms with Crippen molar-refractivity contribution in [3.8, 4) is 39.1 Å². The first-order valence-electron chi connectivity index (χ1n) is 21.5. The third-order valence-corrected chi connectivity index (χ3v) is 13.0. The molecule has 0 aliphatic carbocycles. The van der Waals surface area contributed by atoms with Gasteiger partial charge in [-0.25, -0.2) is 0 Å². The van der Waals surface area contributed by atoms with Crippen LogP contribution in [0.4, 0.5) is 11.4 Å². The van der Waals surface area contributed by atoms with Crippen molar-refractivity contribution in [1.29, 1.82) is 0 Å². The second kappa shape index (κ2) is 13.8. The minimum absolute atomic E-state index is 0.885. The van der Waals surface area contributed by atoms with Crippen LogP contribution in [0.25, 0.3) is 116 Å². The second-order valence-corrected chi connectivity index (χ2v) is 16.6. The highest BCUT2D eigenvalue weighted by molar-refractivity contribution is 6.11. The van der Waals surface area contributed by atoms with E-state index >= 15 is 0 Å². The zero-order valence-corrected chi connectivity index (χ0v) is 34.4. The summed E-state index contributed by atoms with van der Waals surface area (Å²) >= 11 is 0. The molecule has 296 valence electrons. The Morgan fingerprint density at radius 1 is 0.349 bits per heavy atom. The van der Waals surface area contributed by atoms with Gasteiger partial charge in [-0.1, -0.05) is 127 Å². The summed E-state index contributed by atoms with van der Waals surface area (Å²) in [6.07, 6.45) is 0. The smallest absolute Gasteiger partial charge is 0.135 e. The number of benzene rings is 10. The number of rotatable bonds is 6. The van der Waals surface area contributed by atoms with Crippen molar-refractivity contribution in [3.63, 3.8) is 0 Å². The molecule has 3 aromatic heterocycles. The molecule has 0 aliphatic rings. The van der Waals surface area contributed by atoms with E-state index in [1.807, 2.05) is 24.3 Å². The van der Waals surface area contributed by atoms with Gasteiger partial charge >= 0.3 is 0 Å². The Morgan fingerprint density at radius 2 is 0.905 bits per heavy atom. The predicted molar refractivity (Wildman–Crippen MR) is 264 cm³/mol. The van der Waals surface area contributed by atoms with E-state index in [1.54, 1.807) is 0 Å². The minimum atomic E-state index is 0.885. The van der Waals surface area contributed by atoms with Crippen LogP contribution in [0.3, 0.4) is 0 Å². The van der Waals surface area contributed by atoms with Crippen molar-refractivity contribution >= 4 is 87.8 Å². The van der Waals surface area contributed by atoms with Gasteiger partial charge in [0.25, 0.3) is 0 Å². The molecular formula is C59H38N2O2. The molecule has 13 aromatic rings. The van der Waals surface area contributed by atoms with Gasteiger partial charge in [-0.05, 0) is 124 Å². The molecule has 0 bridgehead atoms. The van der Waals surface area contributed by atoms with Gasteiger partial charge in [0.05, 0.1) is 11.0 Å². The van der Waals surface area contributed by atoms with E-state index < -0.39 is 0 Å². The number of nitrogens with zero attached hydrogens (tertiary/aromatic N) is 2. The standard InChI is InChI=1S/C59H38N2O2/c1-60(53-18-8-4-14-46(53)41-23-27-48-47-15-5-9-19-54(47)61(55(48)36-41)44-26-22-37-12-2-3-13-38(37)31-44)45-32-42(39-24-28-58-51(34-39)49-16-6-10-20-56(49)62-58)30-43(33-45)40-25-29-59-52(35-40)50-17-7-11-21-57(50)63-59/h2-36H,1H3. The molecule has 4 heteroatoms. The molecule has 0 atom stereocenters. The molecule has 0 N–H and O–H groups in total. The predicted octanol–water partition coefficient (Wildman–Crippen LogP) is 16.5. The summed E-state index contributed by atoms with van der Waals surface area (Å²) in [5.41, 5.74) is 16.1. The summed E-state index contributed by atoms with van der Waals surface area (Å²) in [4.78, 5) is 2.34. The summed E-state index contributed by atoms with van der Waals surface area (Å²) < 4.78 is 14.9. The van der Waals surface area contributed by atoms with Gasteiger partial charge < -0.3 is 18.3 Å². The lowest BCUT2D eigenvalue weighted by Crippen LogP contribution is -2.11. The fourth-order valence-electron chi connectivity index (χ4n) is 9.83. The summed E-state index contributed by atoms with van der Waals surface area (Å²) in [5.74, 6) is 0. The first-order valence-corrected chi connectivity index (χ1v) is 21.5. The first kappa shape index (κ1) is 35.4. The van der Waals surface area contributed by atoms with E-state index in [9.17, 15) is 0 Å². The second-order valence-electron chi connectivity index (χ2n) is 16.6. The number of aromatic nitrogens is 1. The average molecular weight is 807 g/mol. The van der Waals surface area contributed by atoms with Crippen molar-refractivity contribution in [1.82, 2.24) is 4.57 Å². The van der Waals surface area contributed by atoms with Gasteiger partial charge in [0.1, 0.15) is 22.3 Å². The van der Waals surface area contributed by atoms with Crippen molar-refractivity contribution in [2.45, 2.75) is 0 Å². The molecule has 0 spiro atoms. The van der Waals surface area contributed by atoms with Gasteiger partial charge in [0.15, 0.2) is 0 Å². The van der Waals surface area contributed by atoms with E-state index in [0.717, 1.165) is 94.3 Å². The van der Waals surface area contributed by atoms with Gasteiger partial charge in [-0.3, -0.25) is 0 Å². The lowest BCUT2D eigenvalue weighted by atomic mass is 9.95. The molecular weight excluding hydrogens is 769 g/mol. The molecule has 0 saturated carbocycles. The number of hydrogen-bond donors (Lipinski definition) is 0. The van der Waals surface area contributed by atoms with Gasteiger partial charge in [-0.15, -0.1) is 0 Å². The van der Waals surface area contributed by atoms with Crippen LogP contribution in [0.5, 0.6) is 0 Å². The highest BCUT2D eigenvalue weighted by Gasteiger charge is 2.19. The summed E-state index contributed by atoms with van der Waals surface area (Å²) in [5, 5.41) is 9.38. The van der Waals surface area contributed by atoms with E-state index in [-0.39, 0.29) is 0 Å². The van der Waals surface area contributed by atoms with Crippen LogP contribution in [-0.4, -0.2) is 11.6 Å². The lowest BCUT2D eigenvalue weighted by Gasteiger charge is -2.25. The molecule has 4 nitrogen and oxygen atoms in total. The molecule has 13 rings (SSSR count). The van der Waals surface area contributed by atoms with Gasteiger partial charge in [-0.2, -0.15) is 0 Å². The van der Waals surface area contributed by atoms with E-state index in [2.05, 4.69) is 205 Å². The van der Waals surface area contributed by atoms with Gasteiger partial charge in [0, 0.05) is 62.0 Å². The molecule has 0 aliphatic heterocycles. The van der Waals surface area contributed by atoms with Crippen molar-refractivity contribution in [2.75, 3.05) is 11.9 Å². The van der Waals surface area contributed by atoms with Gasteiger partial charge in [0.2, 0.25) is 0 Å². The van der Waals surface area contributed by atoms with Crippen LogP contribution in [0.1, 0.15) is 0 Å². The topological polar surface area (TPSA) is 34.5 Å². The Bertz CT molecular complexity index is 3830. The Kier molecular flexibility index (Phi) is 7.79. The van der Waals surface area contributed by atoms with Crippen LogP contribution in [-0.2, 0) is 0 Å². The molecule has 3 heterocycles. The average Bonchev–Trinajstić information content (AvgIpc) is 4.02. The largest absolute Gasteiger partial charge is 0.456 e. The third-order valence-electron chi connectivity index (χ3n) is 13.0. The zero-order valence-electron chi connectivity index (χ0n) is 34.4. The third kappa shape index (κ3) is 5.69. The Morgan fingerprint density at radius 3 is 1.62 bits per heavy atom. The Balaban J connectivity index is 0.979. The van der Waals surface area contributed by atoms with Crippen molar-refractivity contribution in [3.05, 3.63) is 212 Å². The molecule has 10 aromatic carbocycles.